The molecule has 0 bridgehead atoms. The second-order valence-corrected chi connectivity index (χ2v) is 6.70. The summed E-state index contributed by atoms with van der Waals surface area (Å²) in [6.45, 7) is 4.59. The summed E-state index contributed by atoms with van der Waals surface area (Å²) in [4.78, 5) is 6.32. The first-order valence-corrected chi connectivity index (χ1v) is 7.25. The zero-order valence-electron chi connectivity index (χ0n) is 10.9. The predicted octanol–water partition coefficient (Wildman–Crippen LogP) is 4.01. The van der Waals surface area contributed by atoms with Gasteiger partial charge in [0.25, 0.3) is 0 Å². The van der Waals surface area contributed by atoms with E-state index in [1.807, 2.05) is 29.5 Å². The van der Waals surface area contributed by atoms with Gasteiger partial charge in [0, 0.05) is 21.5 Å². The van der Waals surface area contributed by atoms with Crippen molar-refractivity contribution in [2.45, 2.75) is 38.5 Å². The summed E-state index contributed by atoms with van der Waals surface area (Å²) in [5.41, 5.74) is 9.45. The predicted molar refractivity (Wildman–Crippen MR) is 77.9 cm³/mol. The van der Waals surface area contributed by atoms with E-state index in [1.54, 1.807) is 0 Å². The number of hydrogen-bond donors (Lipinski definition) is 1. The van der Waals surface area contributed by atoms with E-state index in [2.05, 4.69) is 19.9 Å². The number of benzene rings is 1. The Bertz CT molecular complexity index is 584. The average Bonchev–Trinajstić information content (AvgIpc) is 2.74. The molecule has 1 aliphatic rings. The van der Waals surface area contributed by atoms with Crippen molar-refractivity contribution in [3.05, 3.63) is 34.8 Å². The lowest BCUT2D eigenvalue weighted by Crippen LogP contribution is -2.23. The van der Waals surface area contributed by atoms with E-state index >= 15 is 0 Å². The fraction of sp³-hybridized carbons (Fsp3) is 0.400. The molecule has 0 saturated carbocycles. The first-order chi connectivity index (χ1) is 8.58. The van der Waals surface area contributed by atoms with Gasteiger partial charge in [-0.15, -0.1) is 11.3 Å². The van der Waals surface area contributed by atoms with E-state index in [9.17, 15) is 0 Å². The molecule has 0 spiro atoms. The van der Waals surface area contributed by atoms with Crippen LogP contribution in [-0.2, 0) is 11.8 Å². The van der Waals surface area contributed by atoms with Gasteiger partial charge in [0.05, 0.1) is 5.69 Å². The van der Waals surface area contributed by atoms with Gasteiger partial charge in [-0.2, -0.15) is 0 Å². The van der Waals surface area contributed by atoms with Crippen molar-refractivity contribution in [2.24, 2.45) is 0 Å². The van der Waals surface area contributed by atoms with Crippen molar-refractivity contribution in [1.29, 1.82) is 0 Å². The maximum Gasteiger partial charge on any atom is 0.125 e. The van der Waals surface area contributed by atoms with Gasteiger partial charge in [-0.1, -0.05) is 26.0 Å². The fourth-order valence-electron chi connectivity index (χ4n) is 2.67. The van der Waals surface area contributed by atoms with Gasteiger partial charge < -0.3 is 5.73 Å². The van der Waals surface area contributed by atoms with Crippen LogP contribution in [0.2, 0.25) is 0 Å². The third-order valence-electron chi connectivity index (χ3n) is 3.74. The number of para-hydroxylation sites is 1. The molecule has 2 N–H and O–H groups in total. The Morgan fingerprint density at radius 2 is 2.06 bits per heavy atom. The van der Waals surface area contributed by atoms with Gasteiger partial charge in [0.2, 0.25) is 0 Å². The van der Waals surface area contributed by atoms with Crippen LogP contribution in [0.4, 0.5) is 5.69 Å². The molecule has 1 aromatic carbocycles. The topological polar surface area (TPSA) is 38.9 Å². The van der Waals surface area contributed by atoms with Crippen molar-refractivity contribution in [3.8, 4) is 10.6 Å². The van der Waals surface area contributed by atoms with E-state index < -0.39 is 0 Å². The molecule has 0 atom stereocenters. The quantitative estimate of drug-likeness (QED) is 0.785. The summed E-state index contributed by atoms with van der Waals surface area (Å²) in [5.74, 6) is 0. The molecule has 94 valence electrons. The van der Waals surface area contributed by atoms with Crippen LogP contribution in [0.1, 0.15) is 37.3 Å². The highest BCUT2D eigenvalue weighted by Gasteiger charge is 2.31. The van der Waals surface area contributed by atoms with E-state index in [0.717, 1.165) is 16.3 Å². The van der Waals surface area contributed by atoms with Crippen molar-refractivity contribution < 1.29 is 0 Å². The van der Waals surface area contributed by atoms with Gasteiger partial charge in [-0.25, -0.2) is 4.98 Å². The summed E-state index contributed by atoms with van der Waals surface area (Å²) < 4.78 is 0. The largest absolute Gasteiger partial charge is 0.398 e. The molecule has 0 radical (unpaired) electrons. The minimum atomic E-state index is 0.214. The Hall–Kier alpha value is -1.35. The molecular weight excluding hydrogens is 240 g/mol. The van der Waals surface area contributed by atoms with Crippen molar-refractivity contribution >= 4 is 17.0 Å². The Balaban J connectivity index is 2.12. The van der Waals surface area contributed by atoms with E-state index in [1.165, 1.54) is 29.8 Å². The number of thiazole rings is 1. The Morgan fingerprint density at radius 1 is 1.28 bits per heavy atom. The molecule has 2 nitrogen and oxygen atoms in total. The Labute approximate surface area is 112 Å². The highest BCUT2D eigenvalue weighted by atomic mass is 32.1. The lowest BCUT2D eigenvalue weighted by molar-refractivity contribution is 0.424. The highest BCUT2D eigenvalue weighted by Crippen LogP contribution is 2.42. The third kappa shape index (κ3) is 1.83. The number of nitrogens with two attached hydrogens (primary N) is 1. The Morgan fingerprint density at radius 3 is 2.78 bits per heavy atom. The van der Waals surface area contributed by atoms with Crippen LogP contribution < -0.4 is 5.73 Å². The van der Waals surface area contributed by atoms with E-state index in [0.29, 0.717) is 0 Å². The maximum atomic E-state index is 6.04. The van der Waals surface area contributed by atoms with Gasteiger partial charge >= 0.3 is 0 Å². The third-order valence-corrected chi connectivity index (χ3v) is 4.88. The van der Waals surface area contributed by atoms with Crippen LogP contribution in [0, 0.1) is 0 Å². The van der Waals surface area contributed by atoms with Crippen LogP contribution in [0.5, 0.6) is 0 Å². The number of aromatic nitrogens is 1. The zero-order valence-corrected chi connectivity index (χ0v) is 11.7. The first kappa shape index (κ1) is 11.7. The second-order valence-electron chi connectivity index (χ2n) is 5.62. The van der Waals surface area contributed by atoms with Crippen molar-refractivity contribution in [1.82, 2.24) is 4.98 Å². The lowest BCUT2D eigenvalue weighted by Gasteiger charge is -2.28. The summed E-state index contributed by atoms with van der Waals surface area (Å²) in [6.07, 6.45) is 3.67. The van der Waals surface area contributed by atoms with Crippen LogP contribution in [0.25, 0.3) is 10.6 Å². The van der Waals surface area contributed by atoms with Crippen LogP contribution in [0.3, 0.4) is 0 Å². The molecule has 3 heteroatoms. The molecule has 18 heavy (non-hydrogen) atoms. The summed E-state index contributed by atoms with van der Waals surface area (Å²) in [6, 6.07) is 8.00. The monoisotopic (exact) mass is 258 g/mol. The fourth-order valence-corrected chi connectivity index (χ4v) is 4.00. The molecule has 0 unspecified atom stereocenters. The van der Waals surface area contributed by atoms with Crippen LogP contribution in [0.15, 0.2) is 24.3 Å². The van der Waals surface area contributed by atoms with Crippen molar-refractivity contribution in [2.75, 3.05) is 5.73 Å². The number of aryl methyl sites for hydroxylation is 1. The average molecular weight is 258 g/mol. The molecule has 0 amide bonds. The Kier molecular flexibility index (Phi) is 2.67. The standard InChI is InChI=1S/C15H18N2S/c1-15(2)9-5-8-12-13(15)17-14(18-12)10-6-3-4-7-11(10)16/h3-4,6-7H,5,8-9,16H2,1-2H3. The van der Waals surface area contributed by atoms with Crippen LogP contribution in [-0.4, -0.2) is 4.98 Å². The molecular formula is C15H18N2S. The highest BCUT2D eigenvalue weighted by molar-refractivity contribution is 7.15. The SMILES string of the molecule is CC1(C)CCCc2sc(-c3ccccc3N)nc21. The van der Waals surface area contributed by atoms with Crippen LogP contribution >= 0.6 is 11.3 Å². The number of nitrogen functional groups attached to an aromatic ring is 1. The molecule has 1 heterocycles. The number of rotatable bonds is 1. The first-order valence-electron chi connectivity index (χ1n) is 6.43. The molecule has 2 aromatic rings. The lowest BCUT2D eigenvalue weighted by atomic mass is 9.79. The second kappa shape index (κ2) is 4.09. The molecule has 1 aliphatic carbocycles. The number of nitrogens with zero attached hydrogens (tertiary/aromatic N) is 1. The van der Waals surface area contributed by atoms with Gasteiger partial charge in [0.1, 0.15) is 5.01 Å². The summed E-state index contributed by atoms with van der Waals surface area (Å²) in [5, 5.41) is 1.08. The minimum absolute atomic E-state index is 0.214. The van der Waals surface area contributed by atoms with Crippen molar-refractivity contribution in [3.63, 3.8) is 0 Å². The molecule has 1 aromatic heterocycles. The number of hydrogen-bond acceptors (Lipinski definition) is 3. The molecule has 0 aliphatic heterocycles. The molecule has 3 rings (SSSR count). The van der Waals surface area contributed by atoms with E-state index in [-0.39, 0.29) is 5.41 Å². The van der Waals surface area contributed by atoms with E-state index in [4.69, 9.17) is 10.7 Å². The van der Waals surface area contributed by atoms with Gasteiger partial charge in [-0.05, 0) is 31.4 Å². The number of anilines is 1. The normalized spacial score (nSPS) is 17.4. The maximum absolute atomic E-state index is 6.04. The minimum Gasteiger partial charge on any atom is -0.398 e. The summed E-state index contributed by atoms with van der Waals surface area (Å²) in [7, 11) is 0. The smallest absolute Gasteiger partial charge is 0.125 e. The number of fused-ring (bicyclic) bond motifs is 1. The molecule has 0 saturated heterocycles. The van der Waals surface area contributed by atoms with Gasteiger partial charge in [-0.3, -0.25) is 0 Å². The zero-order chi connectivity index (χ0) is 12.8. The summed E-state index contributed by atoms with van der Waals surface area (Å²) >= 11 is 1.81. The molecule has 0 fully saturated rings. The van der Waals surface area contributed by atoms with Gasteiger partial charge in [0.15, 0.2) is 0 Å².